The van der Waals surface area contributed by atoms with Crippen LogP contribution in [0, 0.1) is 6.92 Å². The van der Waals surface area contributed by atoms with E-state index in [1.807, 2.05) is 13.0 Å². The monoisotopic (exact) mass is 230 g/mol. The smallest absolute Gasteiger partial charge is 0.334 e. The molecular formula is C10H15O4P. The van der Waals surface area contributed by atoms with Crippen LogP contribution in [0.1, 0.15) is 11.1 Å². The summed E-state index contributed by atoms with van der Waals surface area (Å²) in [6, 6.07) is 5.02. The van der Waals surface area contributed by atoms with Gasteiger partial charge in [0, 0.05) is 14.2 Å². The van der Waals surface area contributed by atoms with Crippen LogP contribution in [0.4, 0.5) is 0 Å². The first-order valence-electron chi connectivity index (χ1n) is 4.49. The molecule has 0 aliphatic heterocycles. The fourth-order valence-electron chi connectivity index (χ4n) is 1.36. The van der Waals surface area contributed by atoms with Crippen molar-refractivity contribution in [3.8, 4) is 5.75 Å². The predicted octanol–water partition coefficient (Wildman–Crippen LogP) is 2.69. The number of rotatable bonds is 4. The Balaban J connectivity index is 2.93. The molecule has 0 aromatic heterocycles. The summed E-state index contributed by atoms with van der Waals surface area (Å²) in [6.07, 6.45) is 0.162. The van der Waals surface area contributed by atoms with E-state index in [0.29, 0.717) is 0 Å². The van der Waals surface area contributed by atoms with Crippen LogP contribution in [0.5, 0.6) is 5.75 Å². The van der Waals surface area contributed by atoms with E-state index >= 15 is 0 Å². The maximum atomic E-state index is 11.8. The maximum Gasteiger partial charge on any atom is 0.334 e. The van der Waals surface area contributed by atoms with Crippen molar-refractivity contribution in [2.45, 2.75) is 13.1 Å². The number of phenols is 1. The minimum absolute atomic E-state index is 0.156. The van der Waals surface area contributed by atoms with E-state index in [9.17, 15) is 9.67 Å². The molecule has 0 amide bonds. The second kappa shape index (κ2) is 4.79. The fourth-order valence-corrected chi connectivity index (χ4v) is 2.40. The molecule has 0 radical (unpaired) electrons. The Morgan fingerprint density at radius 3 is 2.33 bits per heavy atom. The Labute approximate surface area is 89.4 Å². The zero-order valence-corrected chi connectivity index (χ0v) is 9.95. The van der Waals surface area contributed by atoms with E-state index in [-0.39, 0.29) is 11.9 Å². The van der Waals surface area contributed by atoms with E-state index in [1.54, 1.807) is 12.1 Å². The van der Waals surface area contributed by atoms with E-state index in [2.05, 4.69) is 0 Å². The molecule has 0 fully saturated rings. The van der Waals surface area contributed by atoms with Gasteiger partial charge in [-0.15, -0.1) is 0 Å². The molecule has 1 rings (SSSR count). The molecule has 15 heavy (non-hydrogen) atoms. The van der Waals surface area contributed by atoms with Crippen LogP contribution >= 0.6 is 7.60 Å². The van der Waals surface area contributed by atoms with E-state index in [0.717, 1.165) is 11.1 Å². The van der Waals surface area contributed by atoms with Crippen molar-refractivity contribution in [1.82, 2.24) is 0 Å². The zero-order chi connectivity index (χ0) is 11.5. The average molecular weight is 230 g/mol. The SMILES string of the molecule is COP(=O)(Cc1cc(C)cc(O)c1)OC. The molecule has 4 nitrogen and oxygen atoms in total. The summed E-state index contributed by atoms with van der Waals surface area (Å²) in [5.74, 6) is 0.156. The third-order valence-corrected chi connectivity index (χ3v) is 3.92. The van der Waals surface area contributed by atoms with Crippen molar-refractivity contribution < 1.29 is 18.7 Å². The van der Waals surface area contributed by atoms with Crippen LogP contribution in [-0.4, -0.2) is 19.3 Å². The van der Waals surface area contributed by atoms with Gasteiger partial charge in [0.2, 0.25) is 0 Å². The number of aryl methyl sites for hydroxylation is 1. The normalized spacial score (nSPS) is 11.7. The average Bonchev–Trinajstić information content (AvgIpc) is 2.16. The Morgan fingerprint density at radius 2 is 1.87 bits per heavy atom. The summed E-state index contributed by atoms with van der Waals surface area (Å²) in [5, 5.41) is 9.36. The number of hydrogen-bond donors (Lipinski definition) is 1. The molecule has 0 atom stereocenters. The molecule has 1 aromatic carbocycles. The molecule has 0 saturated heterocycles. The standard InChI is InChI=1S/C10H15O4P/c1-8-4-9(6-10(11)5-8)7-15(12,13-2)14-3/h4-6,11H,7H2,1-3H3. The third kappa shape index (κ3) is 3.34. The highest BCUT2D eigenvalue weighted by Crippen LogP contribution is 2.49. The van der Waals surface area contributed by atoms with Gasteiger partial charge < -0.3 is 14.2 Å². The number of aromatic hydroxyl groups is 1. The van der Waals surface area contributed by atoms with Crippen molar-refractivity contribution in [1.29, 1.82) is 0 Å². The summed E-state index contributed by atoms with van der Waals surface area (Å²) in [6.45, 7) is 1.85. The molecule has 0 unspecified atom stereocenters. The summed E-state index contributed by atoms with van der Waals surface area (Å²) in [5.41, 5.74) is 1.64. The second-order valence-corrected chi connectivity index (χ2v) is 5.58. The van der Waals surface area contributed by atoms with Gasteiger partial charge in [-0.3, -0.25) is 4.57 Å². The van der Waals surface area contributed by atoms with Gasteiger partial charge in [-0.05, 0) is 30.2 Å². The molecule has 0 aliphatic rings. The largest absolute Gasteiger partial charge is 0.508 e. The Morgan fingerprint density at radius 1 is 1.27 bits per heavy atom. The van der Waals surface area contributed by atoms with Gasteiger partial charge in [0.15, 0.2) is 0 Å². The van der Waals surface area contributed by atoms with Gasteiger partial charge in [-0.1, -0.05) is 6.07 Å². The molecule has 84 valence electrons. The van der Waals surface area contributed by atoms with Crippen molar-refractivity contribution in [3.63, 3.8) is 0 Å². The topological polar surface area (TPSA) is 55.8 Å². The lowest BCUT2D eigenvalue weighted by Crippen LogP contribution is -1.93. The molecule has 0 spiro atoms. The van der Waals surface area contributed by atoms with E-state index in [4.69, 9.17) is 9.05 Å². The Kier molecular flexibility index (Phi) is 3.91. The van der Waals surface area contributed by atoms with Gasteiger partial charge in [0.1, 0.15) is 5.75 Å². The highest BCUT2D eigenvalue weighted by Gasteiger charge is 2.21. The quantitative estimate of drug-likeness (QED) is 0.808. The third-order valence-electron chi connectivity index (χ3n) is 2.05. The maximum absolute atomic E-state index is 11.8. The zero-order valence-electron chi connectivity index (χ0n) is 9.06. The lowest BCUT2D eigenvalue weighted by atomic mass is 10.1. The van der Waals surface area contributed by atoms with Crippen LogP contribution in [0.15, 0.2) is 18.2 Å². The minimum Gasteiger partial charge on any atom is -0.508 e. The number of hydrogen-bond acceptors (Lipinski definition) is 4. The lowest BCUT2D eigenvalue weighted by Gasteiger charge is -2.13. The highest BCUT2D eigenvalue weighted by molar-refractivity contribution is 7.52. The van der Waals surface area contributed by atoms with Gasteiger partial charge in [-0.2, -0.15) is 0 Å². The Bertz CT molecular complexity index is 361. The lowest BCUT2D eigenvalue weighted by molar-refractivity contribution is 0.275. The molecule has 1 aromatic rings. The summed E-state index contributed by atoms with van der Waals surface area (Å²) >= 11 is 0. The fraction of sp³-hybridized carbons (Fsp3) is 0.400. The van der Waals surface area contributed by atoms with E-state index in [1.165, 1.54) is 14.2 Å². The van der Waals surface area contributed by atoms with Crippen LogP contribution < -0.4 is 0 Å². The van der Waals surface area contributed by atoms with Crippen molar-refractivity contribution in [2.24, 2.45) is 0 Å². The molecule has 0 bridgehead atoms. The molecule has 0 heterocycles. The Hall–Kier alpha value is -0.830. The number of benzene rings is 1. The van der Waals surface area contributed by atoms with Crippen LogP contribution in [0.2, 0.25) is 0 Å². The summed E-state index contributed by atoms with van der Waals surface area (Å²) < 4.78 is 21.5. The first-order chi connectivity index (χ1) is 6.99. The van der Waals surface area contributed by atoms with Crippen molar-refractivity contribution in [3.05, 3.63) is 29.3 Å². The van der Waals surface area contributed by atoms with Crippen LogP contribution in [-0.2, 0) is 19.8 Å². The number of phenolic OH excluding ortho intramolecular Hbond substituents is 1. The van der Waals surface area contributed by atoms with Gasteiger partial charge in [-0.25, -0.2) is 0 Å². The highest BCUT2D eigenvalue weighted by atomic mass is 31.2. The van der Waals surface area contributed by atoms with Gasteiger partial charge in [0.25, 0.3) is 0 Å². The predicted molar refractivity (Wildman–Crippen MR) is 58.2 cm³/mol. The van der Waals surface area contributed by atoms with Gasteiger partial charge >= 0.3 is 7.60 Å². The first-order valence-corrected chi connectivity index (χ1v) is 6.22. The first kappa shape index (κ1) is 12.2. The van der Waals surface area contributed by atoms with E-state index < -0.39 is 7.60 Å². The van der Waals surface area contributed by atoms with Crippen LogP contribution in [0.3, 0.4) is 0 Å². The molecule has 0 saturated carbocycles. The van der Waals surface area contributed by atoms with Gasteiger partial charge in [0.05, 0.1) is 6.16 Å². The molecule has 1 N–H and O–H groups in total. The minimum atomic E-state index is -3.05. The van der Waals surface area contributed by atoms with Crippen molar-refractivity contribution in [2.75, 3.05) is 14.2 Å². The molecular weight excluding hydrogens is 215 g/mol. The molecule has 5 heteroatoms. The van der Waals surface area contributed by atoms with Crippen molar-refractivity contribution >= 4 is 7.60 Å². The van der Waals surface area contributed by atoms with Crippen LogP contribution in [0.25, 0.3) is 0 Å². The summed E-state index contributed by atoms with van der Waals surface area (Å²) in [4.78, 5) is 0. The molecule has 0 aliphatic carbocycles. The second-order valence-electron chi connectivity index (χ2n) is 3.31. The summed E-state index contributed by atoms with van der Waals surface area (Å²) in [7, 11) is -0.360.